The van der Waals surface area contributed by atoms with E-state index < -0.39 is 0 Å². The summed E-state index contributed by atoms with van der Waals surface area (Å²) in [5, 5.41) is 5.51. The highest BCUT2D eigenvalue weighted by atomic mass is 32.1. The Morgan fingerprint density at radius 2 is 2.15 bits per heavy atom. The lowest BCUT2D eigenvalue weighted by Gasteiger charge is -2.17. The highest BCUT2D eigenvalue weighted by Gasteiger charge is 2.09. The molecule has 108 valence electrons. The third kappa shape index (κ3) is 4.43. The predicted molar refractivity (Wildman–Crippen MR) is 84.9 cm³/mol. The van der Waals surface area contributed by atoms with Gasteiger partial charge in [-0.2, -0.15) is 0 Å². The SMILES string of the molecule is CNC(CCCc1cccs1)Cc1ccc(F)cc1C. The Labute approximate surface area is 124 Å². The van der Waals surface area contributed by atoms with Crippen molar-refractivity contribution in [3.05, 3.63) is 57.5 Å². The van der Waals surface area contributed by atoms with Crippen molar-refractivity contribution in [2.75, 3.05) is 7.05 Å². The Bertz CT molecular complexity index is 522. The molecule has 3 heteroatoms. The Hall–Kier alpha value is -1.19. The van der Waals surface area contributed by atoms with Gasteiger partial charge in [-0.15, -0.1) is 11.3 Å². The third-order valence-corrected chi connectivity index (χ3v) is 4.67. The summed E-state index contributed by atoms with van der Waals surface area (Å²) in [5.74, 6) is -0.148. The second-order valence-corrected chi connectivity index (χ2v) is 6.26. The minimum absolute atomic E-state index is 0.148. The molecule has 1 N–H and O–H groups in total. The molecule has 0 spiro atoms. The van der Waals surface area contributed by atoms with E-state index in [4.69, 9.17) is 0 Å². The smallest absolute Gasteiger partial charge is 0.123 e. The van der Waals surface area contributed by atoms with Gasteiger partial charge in [0.05, 0.1) is 0 Å². The first kappa shape index (κ1) is 15.2. The van der Waals surface area contributed by atoms with Gasteiger partial charge < -0.3 is 5.32 Å². The molecule has 0 bridgehead atoms. The monoisotopic (exact) mass is 291 g/mol. The number of nitrogens with one attached hydrogen (secondary N) is 1. The average molecular weight is 291 g/mol. The number of hydrogen-bond acceptors (Lipinski definition) is 2. The molecule has 1 nitrogen and oxygen atoms in total. The van der Waals surface area contributed by atoms with Crippen molar-refractivity contribution in [2.45, 2.75) is 38.6 Å². The summed E-state index contributed by atoms with van der Waals surface area (Å²) in [6.07, 6.45) is 4.45. The molecule has 0 fully saturated rings. The quantitative estimate of drug-likeness (QED) is 0.799. The van der Waals surface area contributed by atoms with Gasteiger partial charge in [-0.25, -0.2) is 4.39 Å². The Morgan fingerprint density at radius 1 is 1.30 bits per heavy atom. The molecule has 0 aliphatic heterocycles. The summed E-state index contributed by atoms with van der Waals surface area (Å²) in [7, 11) is 2.01. The Kier molecular flexibility index (Phi) is 5.74. The second-order valence-electron chi connectivity index (χ2n) is 5.23. The molecule has 0 aliphatic carbocycles. The van der Waals surface area contributed by atoms with Gasteiger partial charge in [0.25, 0.3) is 0 Å². The lowest BCUT2D eigenvalue weighted by Crippen LogP contribution is -2.28. The van der Waals surface area contributed by atoms with Crippen LogP contribution in [0.25, 0.3) is 0 Å². The average Bonchev–Trinajstić information content (AvgIpc) is 2.93. The largest absolute Gasteiger partial charge is 0.317 e. The van der Waals surface area contributed by atoms with Crippen molar-refractivity contribution in [1.82, 2.24) is 5.32 Å². The standard InChI is InChI=1S/C17H22FNS/c1-13-11-15(18)9-8-14(13)12-16(19-2)5-3-6-17-7-4-10-20-17/h4,7-11,16,19H,3,5-6,12H2,1-2H3. The lowest BCUT2D eigenvalue weighted by atomic mass is 9.97. The van der Waals surface area contributed by atoms with Crippen LogP contribution in [0.15, 0.2) is 35.7 Å². The van der Waals surface area contributed by atoms with Gasteiger partial charge in [0.2, 0.25) is 0 Å². The zero-order valence-electron chi connectivity index (χ0n) is 12.2. The molecule has 2 rings (SSSR count). The number of halogens is 1. The summed E-state index contributed by atoms with van der Waals surface area (Å²) in [4.78, 5) is 1.46. The molecule has 2 aromatic rings. The van der Waals surface area contributed by atoms with Crippen LogP contribution in [0.4, 0.5) is 4.39 Å². The number of aryl methyl sites for hydroxylation is 2. The molecule has 1 unspecified atom stereocenters. The van der Waals surface area contributed by atoms with Crippen molar-refractivity contribution in [3.63, 3.8) is 0 Å². The van der Waals surface area contributed by atoms with Crippen LogP contribution in [0.1, 0.15) is 28.8 Å². The first-order chi connectivity index (χ1) is 9.69. The zero-order valence-corrected chi connectivity index (χ0v) is 13.0. The summed E-state index contributed by atoms with van der Waals surface area (Å²) in [5.41, 5.74) is 2.28. The fourth-order valence-corrected chi connectivity index (χ4v) is 3.23. The van der Waals surface area contributed by atoms with Crippen LogP contribution in [0.2, 0.25) is 0 Å². The van der Waals surface area contributed by atoms with Crippen molar-refractivity contribution in [1.29, 1.82) is 0 Å². The van der Waals surface area contributed by atoms with Crippen molar-refractivity contribution in [3.8, 4) is 0 Å². The lowest BCUT2D eigenvalue weighted by molar-refractivity contribution is 0.501. The van der Waals surface area contributed by atoms with E-state index in [1.165, 1.54) is 16.9 Å². The maximum atomic E-state index is 13.1. The first-order valence-corrected chi connectivity index (χ1v) is 8.01. The van der Waals surface area contributed by atoms with Gasteiger partial charge in [0, 0.05) is 10.9 Å². The number of rotatable bonds is 7. The maximum Gasteiger partial charge on any atom is 0.123 e. The highest BCUT2D eigenvalue weighted by molar-refractivity contribution is 7.09. The van der Waals surface area contributed by atoms with Crippen LogP contribution < -0.4 is 5.32 Å². The van der Waals surface area contributed by atoms with Gasteiger partial charge in [-0.05, 0) is 74.4 Å². The number of hydrogen-bond donors (Lipinski definition) is 1. The van der Waals surface area contributed by atoms with Crippen LogP contribution in [0, 0.1) is 12.7 Å². The molecular weight excluding hydrogens is 269 g/mol. The van der Waals surface area contributed by atoms with Gasteiger partial charge in [-0.3, -0.25) is 0 Å². The van der Waals surface area contributed by atoms with Crippen molar-refractivity contribution < 1.29 is 4.39 Å². The van der Waals surface area contributed by atoms with E-state index in [0.29, 0.717) is 6.04 Å². The van der Waals surface area contributed by atoms with E-state index >= 15 is 0 Å². The van der Waals surface area contributed by atoms with Crippen molar-refractivity contribution >= 4 is 11.3 Å². The summed E-state index contributed by atoms with van der Waals surface area (Å²) in [6.45, 7) is 1.98. The normalized spacial score (nSPS) is 12.6. The van der Waals surface area contributed by atoms with Crippen LogP contribution in [0.3, 0.4) is 0 Å². The second kappa shape index (κ2) is 7.55. The molecule has 0 saturated carbocycles. The number of thiophene rings is 1. The Balaban J connectivity index is 1.85. The summed E-state index contributed by atoms with van der Waals surface area (Å²) in [6, 6.07) is 9.85. The Morgan fingerprint density at radius 3 is 2.80 bits per heavy atom. The van der Waals surface area contributed by atoms with Gasteiger partial charge in [0.15, 0.2) is 0 Å². The fraction of sp³-hybridized carbons (Fsp3) is 0.412. The van der Waals surface area contributed by atoms with Gasteiger partial charge in [0.1, 0.15) is 5.82 Å². The topological polar surface area (TPSA) is 12.0 Å². The molecule has 0 radical (unpaired) electrons. The van der Waals surface area contributed by atoms with E-state index in [1.807, 2.05) is 31.4 Å². The van der Waals surface area contributed by atoms with Crippen LogP contribution in [-0.2, 0) is 12.8 Å². The summed E-state index contributed by atoms with van der Waals surface area (Å²) >= 11 is 1.83. The molecule has 1 aromatic carbocycles. The van der Waals surface area contributed by atoms with Gasteiger partial charge in [-0.1, -0.05) is 12.1 Å². The molecular formula is C17H22FNS. The van der Waals surface area contributed by atoms with Crippen LogP contribution in [-0.4, -0.2) is 13.1 Å². The molecule has 1 heterocycles. The minimum Gasteiger partial charge on any atom is -0.317 e. The highest BCUT2D eigenvalue weighted by Crippen LogP contribution is 2.16. The molecule has 0 aliphatic rings. The van der Waals surface area contributed by atoms with E-state index in [2.05, 4.69) is 22.8 Å². The molecule has 1 aromatic heterocycles. The summed E-state index contributed by atoms with van der Waals surface area (Å²) < 4.78 is 13.1. The zero-order chi connectivity index (χ0) is 14.4. The third-order valence-electron chi connectivity index (χ3n) is 3.74. The molecule has 0 saturated heterocycles. The number of likely N-dealkylation sites (N-methyl/N-ethyl adjacent to an activating group) is 1. The minimum atomic E-state index is -0.148. The van der Waals surface area contributed by atoms with E-state index in [-0.39, 0.29) is 5.82 Å². The maximum absolute atomic E-state index is 13.1. The fourth-order valence-electron chi connectivity index (χ4n) is 2.48. The molecule has 0 amide bonds. The van der Waals surface area contributed by atoms with Crippen LogP contribution in [0.5, 0.6) is 0 Å². The van der Waals surface area contributed by atoms with E-state index in [1.54, 1.807) is 12.1 Å². The first-order valence-electron chi connectivity index (χ1n) is 7.13. The number of benzene rings is 1. The van der Waals surface area contributed by atoms with Crippen molar-refractivity contribution in [2.24, 2.45) is 0 Å². The van der Waals surface area contributed by atoms with Gasteiger partial charge >= 0.3 is 0 Å². The predicted octanol–water partition coefficient (Wildman–Crippen LogP) is 4.35. The van der Waals surface area contributed by atoms with E-state index in [0.717, 1.165) is 24.8 Å². The molecule has 20 heavy (non-hydrogen) atoms. The van der Waals surface area contributed by atoms with E-state index in [9.17, 15) is 4.39 Å². The van der Waals surface area contributed by atoms with Crippen LogP contribution >= 0.6 is 11.3 Å². The molecule has 1 atom stereocenters.